The van der Waals surface area contributed by atoms with Crippen LogP contribution in [0.5, 0.6) is 0 Å². The minimum atomic E-state index is 0.122. The molecule has 1 aromatic heterocycles. The summed E-state index contributed by atoms with van der Waals surface area (Å²) in [6.07, 6.45) is 3.14. The standard InChI is InChI=1S/C15H21N3S/c1-3-4-12-5-7-13(8-6-12)15(18-16)9-14-10-19-11(2)17-14/h5-8,10,15,18H,3-4,9,16H2,1-2H3. The number of aromatic nitrogens is 1. The monoisotopic (exact) mass is 275 g/mol. The molecule has 0 radical (unpaired) electrons. The van der Waals surface area contributed by atoms with Crippen molar-refractivity contribution in [1.82, 2.24) is 10.4 Å². The molecular formula is C15H21N3S. The van der Waals surface area contributed by atoms with Crippen molar-refractivity contribution in [2.75, 3.05) is 0 Å². The van der Waals surface area contributed by atoms with E-state index in [4.69, 9.17) is 5.84 Å². The van der Waals surface area contributed by atoms with Crippen LogP contribution in [0.25, 0.3) is 0 Å². The summed E-state index contributed by atoms with van der Waals surface area (Å²) in [6, 6.07) is 8.83. The largest absolute Gasteiger partial charge is 0.271 e. The highest BCUT2D eigenvalue weighted by Gasteiger charge is 2.12. The number of aryl methyl sites for hydroxylation is 2. The van der Waals surface area contributed by atoms with E-state index in [0.717, 1.165) is 23.5 Å². The van der Waals surface area contributed by atoms with Gasteiger partial charge < -0.3 is 0 Å². The third kappa shape index (κ3) is 3.86. The molecule has 4 heteroatoms. The van der Waals surface area contributed by atoms with Crippen molar-refractivity contribution < 1.29 is 0 Å². The Morgan fingerprint density at radius 3 is 2.58 bits per heavy atom. The molecule has 1 heterocycles. The Labute approximate surface area is 118 Å². The highest BCUT2D eigenvalue weighted by atomic mass is 32.1. The van der Waals surface area contributed by atoms with Crippen molar-refractivity contribution in [3.63, 3.8) is 0 Å². The molecule has 0 aliphatic carbocycles. The van der Waals surface area contributed by atoms with Gasteiger partial charge >= 0.3 is 0 Å². The van der Waals surface area contributed by atoms with E-state index in [1.807, 2.05) is 6.92 Å². The van der Waals surface area contributed by atoms with Crippen molar-refractivity contribution in [2.24, 2.45) is 5.84 Å². The summed E-state index contributed by atoms with van der Waals surface area (Å²) < 4.78 is 0. The molecule has 0 amide bonds. The zero-order valence-electron chi connectivity index (χ0n) is 11.5. The lowest BCUT2D eigenvalue weighted by Gasteiger charge is -2.15. The Morgan fingerprint density at radius 1 is 1.32 bits per heavy atom. The van der Waals surface area contributed by atoms with E-state index < -0.39 is 0 Å². The lowest BCUT2D eigenvalue weighted by Crippen LogP contribution is -2.29. The molecule has 2 aromatic rings. The zero-order chi connectivity index (χ0) is 13.7. The van der Waals surface area contributed by atoms with Gasteiger partial charge in [-0.15, -0.1) is 11.3 Å². The predicted octanol–water partition coefficient (Wildman–Crippen LogP) is 3.15. The Morgan fingerprint density at radius 2 is 2.05 bits per heavy atom. The van der Waals surface area contributed by atoms with Crippen LogP contribution in [-0.2, 0) is 12.8 Å². The van der Waals surface area contributed by atoms with Crippen LogP contribution < -0.4 is 11.3 Å². The molecule has 1 atom stereocenters. The summed E-state index contributed by atoms with van der Waals surface area (Å²) in [6.45, 7) is 4.22. The van der Waals surface area contributed by atoms with Crippen LogP contribution in [0.4, 0.5) is 0 Å². The molecule has 1 unspecified atom stereocenters. The molecule has 102 valence electrons. The van der Waals surface area contributed by atoms with Crippen LogP contribution in [0, 0.1) is 6.92 Å². The Kier molecular flexibility index (Phi) is 5.07. The van der Waals surface area contributed by atoms with Gasteiger partial charge in [-0.3, -0.25) is 11.3 Å². The second-order valence-electron chi connectivity index (χ2n) is 4.77. The second kappa shape index (κ2) is 6.80. The lowest BCUT2D eigenvalue weighted by molar-refractivity contribution is 0.546. The SMILES string of the molecule is CCCc1ccc(C(Cc2csc(C)n2)NN)cc1. The molecule has 0 aliphatic heterocycles. The zero-order valence-corrected chi connectivity index (χ0v) is 12.3. The fraction of sp³-hybridized carbons (Fsp3) is 0.400. The molecule has 2 rings (SSSR count). The van der Waals surface area contributed by atoms with Crippen LogP contribution in [-0.4, -0.2) is 4.98 Å². The van der Waals surface area contributed by atoms with Crippen LogP contribution in [0.15, 0.2) is 29.6 Å². The molecule has 0 saturated carbocycles. The van der Waals surface area contributed by atoms with Crippen molar-refractivity contribution in [1.29, 1.82) is 0 Å². The third-order valence-corrected chi connectivity index (χ3v) is 4.02. The number of nitrogens with two attached hydrogens (primary N) is 1. The van der Waals surface area contributed by atoms with Crippen molar-refractivity contribution in [2.45, 2.75) is 39.2 Å². The average Bonchev–Trinajstić information content (AvgIpc) is 2.83. The maximum absolute atomic E-state index is 5.68. The topological polar surface area (TPSA) is 50.9 Å². The van der Waals surface area contributed by atoms with Gasteiger partial charge in [-0.2, -0.15) is 0 Å². The molecule has 1 aromatic carbocycles. The van der Waals surface area contributed by atoms with Gasteiger partial charge in [-0.1, -0.05) is 37.6 Å². The Bertz CT molecular complexity index is 504. The van der Waals surface area contributed by atoms with Crippen LogP contribution >= 0.6 is 11.3 Å². The number of thiazole rings is 1. The minimum absolute atomic E-state index is 0.122. The number of hydrazine groups is 1. The minimum Gasteiger partial charge on any atom is -0.271 e. The summed E-state index contributed by atoms with van der Waals surface area (Å²) in [5.74, 6) is 5.68. The first-order valence-electron chi connectivity index (χ1n) is 6.69. The number of nitrogens with one attached hydrogen (secondary N) is 1. The quantitative estimate of drug-likeness (QED) is 0.629. The molecule has 19 heavy (non-hydrogen) atoms. The van der Waals surface area contributed by atoms with Crippen LogP contribution in [0.2, 0.25) is 0 Å². The van der Waals surface area contributed by atoms with E-state index in [1.165, 1.54) is 17.5 Å². The van der Waals surface area contributed by atoms with Crippen molar-refractivity contribution >= 4 is 11.3 Å². The number of hydrogen-bond acceptors (Lipinski definition) is 4. The van der Waals surface area contributed by atoms with Gasteiger partial charge in [0.2, 0.25) is 0 Å². The Hall–Kier alpha value is -1.23. The predicted molar refractivity (Wildman–Crippen MR) is 81.1 cm³/mol. The lowest BCUT2D eigenvalue weighted by atomic mass is 10.0. The summed E-state index contributed by atoms with van der Waals surface area (Å²) in [5, 5.41) is 3.20. The van der Waals surface area contributed by atoms with Gasteiger partial charge in [0.15, 0.2) is 0 Å². The summed E-state index contributed by atoms with van der Waals surface area (Å²) in [4.78, 5) is 4.49. The van der Waals surface area contributed by atoms with E-state index in [2.05, 4.69) is 47.0 Å². The normalized spacial score (nSPS) is 12.6. The van der Waals surface area contributed by atoms with E-state index in [1.54, 1.807) is 11.3 Å². The highest BCUT2D eigenvalue weighted by Crippen LogP contribution is 2.20. The van der Waals surface area contributed by atoms with E-state index in [9.17, 15) is 0 Å². The van der Waals surface area contributed by atoms with Crippen LogP contribution in [0.1, 0.15) is 41.2 Å². The average molecular weight is 275 g/mol. The number of benzene rings is 1. The molecule has 0 fully saturated rings. The third-order valence-electron chi connectivity index (χ3n) is 3.20. The van der Waals surface area contributed by atoms with Gasteiger partial charge in [0.1, 0.15) is 0 Å². The Balaban J connectivity index is 2.08. The molecular weight excluding hydrogens is 254 g/mol. The smallest absolute Gasteiger partial charge is 0.0897 e. The van der Waals surface area contributed by atoms with E-state index >= 15 is 0 Å². The van der Waals surface area contributed by atoms with Gasteiger partial charge in [0.25, 0.3) is 0 Å². The van der Waals surface area contributed by atoms with E-state index in [0.29, 0.717) is 0 Å². The highest BCUT2D eigenvalue weighted by molar-refractivity contribution is 7.09. The molecule has 0 aliphatic rings. The molecule has 3 nitrogen and oxygen atoms in total. The van der Waals surface area contributed by atoms with Crippen LogP contribution in [0.3, 0.4) is 0 Å². The molecule has 3 N–H and O–H groups in total. The van der Waals surface area contributed by atoms with E-state index in [-0.39, 0.29) is 6.04 Å². The number of rotatable bonds is 6. The second-order valence-corrected chi connectivity index (χ2v) is 5.84. The van der Waals surface area contributed by atoms with Gasteiger partial charge in [-0.25, -0.2) is 4.98 Å². The summed E-state index contributed by atoms with van der Waals surface area (Å²) in [7, 11) is 0. The molecule has 0 bridgehead atoms. The van der Waals surface area contributed by atoms with Gasteiger partial charge in [0, 0.05) is 11.8 Å². The summed E-state index contributed by atoms with van der Waals surface area (Å²) >= 11 is 1.68. The number of hydrogen-bond donors (Lipinski definition) is 2. The molecule has 0 saturated heterocycles. The van der Waals surface area contributed by atoms with Gasteiger partial charge in [-0.05, 0) is 24.5 Å². The summed E-state index contributed by atoms with van der Waals surface area (Å²) in [5.41, 5.74) is 6.59. The first-order valence-corrected chi connectivity index (χ1v) is 7.57. The number of nitrogens with zero attached hydrogens (tertiary/aromatic N) is 1. The maximum atomic E-state index is 5.68. The van der Waals surface area contributed by atoms with Crippen molar-refractivity contribution in [3.05, 3.63) is 51.5 Å². The fourth-order valence-electron chi connectivity index (χ4n) is 2.19. The first kappa shape index (κ1) is 14.2. The fourth-order valence-corrected chi connectivity index (χ4v) is 2.81. The maximum Gasteiger partial charge on any atom is 0.0897 e. The first-order chi connectivity index (χ1) is 9.22. The molecule has 0 spiro atoms. The van der Waals surface area contributed by atoms with Crippen molar-refractivity contribution in [3.8, 4) is 0 Å². The van der Waals surface area contributed by atoms with Gasteiger partial charge in [0.05, 0.1) is 16.7 Å².